The van der Waals surface area contributed by atoms with Gasteiger partial charge in [-0.25, -0.2) is 0 Å². The van der Waals surface area contributed by atoms with Gasteiger partial charge in [0.2, 0.25) is 0 Å². The van der Waals surface area contributed by atoms with Crippen molar-refractivity contribution in [2.75, 3.05) is 6.54 Å². The summed E-state index contributed by atoms with van der Waals surface area (Å²) in [5.41, 5.74) is 8.42. The van der Waals surface area contributed by atoms with Gasteiger partial charge in [-0.1, -0.05) is 60.7 Å². The minimum absolute atomic E-state index is 0.0622. The molecular weight excluding hydrogens is 370 g/mol. The number of carbonyl (C=O) groups excluding carboxylic acids is 1. The maximum absolute atomic E-state index is 13.7. The summed E-state index contributed by atoms with van der Waals surface area (Å²) in [4.78, 5) is 20.3. The number of hydrogen-bond donors (Lipinski definition) is 1. The average Bonchev–Trinajstić information content (AvgIpc) is 2.82. The molecule has 2 N–H and O–H groups in total. The van der Waals surface area contributed by atoms with Gasteiger partial charge in [-0.2, -0.15) is 0 Å². The van der Waals surface area contributed by atoms with E-state index in [2.05, 4.69) is 17.1 Å². The number of nitrogens with zero attached hydrogens (tertiary/aromatic N) is 2. The Morgan fingerprint density at radius 3 is 2.43 bits per heavy atom. The fourth-order valence-corrected chi connectivity index (χ4v) is 4.74. The van der Waals surface area contributed by atoms with Gasteiger partial charge in [0.25, 0.3) is 5.91 Å². The van der Waals surface area contributed by atoms with Gasteiger partial charge in [-0.15, -0.1) is 0 Å². The van der Waals surface area contributed by atoms with Crippen LogP contribution in [0.1, 0.15) is 41.4 Å². The molecule has 1 aliphatic rings. The minimum atomic E-state index is -0.324. The lowest BCUT2D eigenvalue weighted by atomic mass is 9.91. The first-order valence-electron chi connectivity index (χ1n) is 10.6. The molecule has 1 amide bonds. The standard InChI is InChI=1S/C26H25N3O/c27-24(25-21-12-4-2-9-19(21)15-16-28-25)23-14-5-6-17-29(23)26(30)22-13-7-10-18-8-1-3-11-20(18)22/h1-4,7-13,15-16,23-24H,5-6,14,17,27H2. The van der Waals surface area contributed by atoms with Crippen molar-refractivity contribution in [1.82, 2.24) is 9.88 Å². The Morgan fingerprint density at radius 2 is 1.60 bits per heavy atom. The van der Waals surface area contributed by atoms with E-state index in [1.165, 1.54) is 0 Å². The first kappa shape index (κ1) is 18.8. The summed E-state index contributed by atoms with van der Waals surface area (Å²) in [6.45, 7) is 0.727. The highest BCUT2D eigenvalue weighted by molar-refractivity contribution is 6.07. The van der Waals surface area contributed by atoms with Crippen LogP contribution in [-0.2, 0) is 0 Å². The number of amides is 1. The maximum Gasteiger partial charge on any atom is 0.254 e. The molecule has 1 aromatic heterocycles. The highest BCUT2D eigenvalue weighted by Gasteiger charge is 2.34. The van der Waals surface area contributed by atoms with Crippen molar-refractivity contribution in [3.8, 4) is 0 Å². The Balaban J connectivity index is 1.53. The molecule has 0 bridgehead atoms. The molecule has 2 heterocycles. The Bertz CT molecular complexity index is 1210. The van der Waals surface area contributed by atoms with Crippen LogP contribution >= 0.6 is 0 Å². The lowest BCUT2D eigenvalue weighted by Crippen LogP contribution is -2.49. The summed E-state index contributed by atoms with van der Waals surface area (Å²) in [6, 6.07) is 23.8. The molecule has 1 saturated heterocycles. The smallest absolute Gasteiger partial charge is 0.254 e. The molecule has 4 heteroatoms. The van der Waals surface area contributed by atoms with E-state index < -0.39 is 0 Å². The van der Waals surface area contributed by atoms with E-state index in [0.29, 0.717) is 0 Å². The summed E-state index contributed by atoms with van der Waals surface area (Å²) in [6.07, 6.45) is 4.78. The summed E-state index contributed by atoms with van der Waals surface area (Å²) >= 11 is 0. The Morgan fingerprint density at radius 1 is 0.900 bits per heavy atom. The van der Waals surface area contributed by atoms with Gasteiger partial charge in [0.15, 0.2) is 0 Å². The topological polar surface area (TPSA) is 59.2 Å². The number of carbonyl (C=O) groups is 1. The number of rotatable bonds is 3. The SMILES string of the molecule is NC(c1nccc2ccccc12)C1CCCCN1C(=O)c1cccc2ccccc12. The van der Waals surface area contributed by atoms with Crippen molar-refractivity contribution in [1.29, 1.82) is 0 Å². The zero-order valence-electron chi connectivity index (χ0n) is 16.9. The summed E-state index contributed by atoms with van der Waals surface area (Å²) < 4.78 is 0. The summed E-state index contributed by atoms with van der Waals surface area (Å²) in [7, 11) is 0. The largest absolute Gasteiger partial charge is 0.334 e. The molecule has 1 fully saturated rings. The van der Waals surface area contributed by atoms with Crippen molar-refractivity contribution in [2.45, 2.75) is 31.3 Å². The highest BCUT2D eigenvalue weighted by Crippen LogP contribution is 2.32. The second-order valence-electron chi connectivity index (χ2n) is 8.03. The van der Waals surface area contributed by atoms with E-state index in [-0.39, 0.29) is 18.0 Å². The van der Waals surface area contributed by atoms with Crippen LogP contribution in [0.15, 0.2) is 79.0 Å². The van der Waals surface area contributed by atoms with Crippen LogP contribution in [0.5, 0.6) is 0 Å². The van der Waals surface area contributed by atoms with Crippen molar-refractivity contribution < 1.29 is 4.79 Å². The maximum atomic E-state index is 13.7. The summed E-state index contributed by atoms with van der Waals surface area (Å²) in [5, 5.41) is 4.26. The molecule has 30 heavy (non-hydrogen) atoms. The van der Waals surface area contributed by atoms with Crippen LogP contribution < -0.4 is 5.73 Å². The third-order valence-electron chi connectivity index (χ3n) is 6.26. The van der Waals surface area contributed by atoms with Crippen LogP contribution in [0.25, 0.3) is 21.5 Å². The van der Waals surface area contributed by atoms with Gasteiger partial charge in [0.1, 0.15) is 0 Å². The second kappa shape index (κ2) is 7.88. The molecule has 5 rings (SSSR count). The zero-order chi connectivity index (χ0) is 20.5. The zero-order valence-corrected chi connectivity index (χ0v) is 16.9. The summed E-state index contributed by atoms with van der Waals surface area (Å²) in [5.74, 6) is 0.0622. The van der Waals surface area contributed by atoms with E-state index in [4.69, 9.17) is 5.73 Å². The van der Waals surface area contributed by atoms with Crippen molar-refractivity contribution in [2.24, 2.45) is 5.73 Å². The molecule has 0 saturated carbocycles. The van der Waals surface area contributed by atoms with Crippen molar-refractivity contribution >= 4 is 27.5 Å². The molecule has 2 unspecified atom stereocenters. The molecule has 4 aromatic rings. The van der Waals surface area contributed by atoms with Crippen LogP contribution in [0, 0.1) is 0 Å². The predicted octanol–water partition coefficient (Wildman–Crippen LogP) is 5.08. The van der Waals surface area contributed by atoms with E-state index in [1.54, 1.807) is 0 Å². The van der Waals surface area contributed by atoms with Gasteiger partial charge in [0.05, 0.1) is 17.8 Å². The third-order valence-corrected chi connectivity index (χ3v) is 6.26. The molecule has 150 valence electrons. The number of piperidine rings is 1. The normalized spacial score (nSPS) is 17.9. The average molecular weight is 396 g/mol. The molecule has 3 aromatic carbocycles. The first-order chi connectivity index (χ1) is 14.7. The van der Waals surface area contributed by atoms with E-state index in [9.17, 15) is 4.79 Å². The third kappa shape index (κ3) is 3.23. The van der Waals surface area contributed by atoms with Gasteiger partial charge in [0, 0.05) is 23.7 Å². The Hall–Kier alpha value is -3.24. The highest BCUT2D eigenvalue weighted by atomic mass is 16.2. The van der Waals surface area contributed by atoms with Gasteiger partial charge in [-0.3, -0.25) is 9.78 Å². The number of pyridine rings is 1. The number of likely N-dealkylation sites (tertiary alicyclic amines) is 1. The molecule has 0 radical (unpaired) electrons. The lowest BCUT2D eigenvalue weighted by Gasteiger charge is -2.39. The molecule has 2 atom stereocenters. The number of aromatic nitrogens is 1. The number of fused-ring (bicyclic) bond motifs is 2. The monoisotopic (exact) mass is 395 g/mol. The van der Waals surface area contributed by atoms with E-state index in [0.717, 1.165) is 58.6 Å². The predicted molar refractivity (Wildman–Crippen MR) is 121 cm³/mol. The minimum Gasteiger partial charge on any atom is -0.334 e. The second-order valence-corrected chi connectivity index (χ2v) is 8.03. The Kier molecular flexibility index (Phi) is 4.93. The molecule has 0 aliphatic carbocycles. The quantitative estimate of drug-likeness (QED) is 0.526. The van der Waals surface area contributed by atoms with Gasteiger partial charge < -0.3 is 10.6 Å². The molecule has 1 aliphatic heterocycles. The van der Waals surface area contributed by atoms with E-state index >= 15 is 0 Å². The fraction of sp³-hybridized carbons (Fsp3) is 0.231. The van der Waals surface area contributed by atoms with Crippen LogP contribution in [0.4, 0.5) is 0 Å². The Labute approximate surface area is 176 Å². The van der Waals surface area contributed by atoms with Gasteiger partial charge in [-0.05, 0) is 47.6 Å². The lowest BCUT2D eigenvalue weighted by molar-refractivity contribution is 0.0575. The first-order valence-corrected chi connectivity index (χ1v) is 10.6. The van der Waals surface area contributed by atoms with Crippen LogP contribution in [0.2, 0.25) is 0 Å². The number of hydrogen-bond acceptors (Lipinski definition) is 3. The van der Waals surface area contributed by atoms with Crippen LogP contribution in [-0.4, -0.2) is 28.4 Å². The molecular formula is C26H25N3O. The molecule has 0 spiro atoms. The van der Waals surface area contributed by atoms with Crippen LogP contribution in [0.3, 0.4) is 0 Å². The molecule has 4 nitrogen and oxygen atoms in total. The number of benzene rings is 3. The fourth-order valence-electron chi connectivity index (χ4n) is 4.74. The van der Waals surface area contributed by atoms with E-state index in [1.807, 2.05) is 71.8 Å². The number of nitrogens with two attached hydrogens (primary N) is 1. The van der Waals surface area contributed by atoms with Crippen molar-refractivity contribution in [3.63, 3.8) is 0 Å². The van der Waals surface area contributed by atoms with Gasteiger partial charge >= 0.3 is 0 Å². The van der Waals surface area contributed by atoms with Crippen molar-refractivity contribution in [3.05, 3.63) is 90.3 Å².